The van der Waals surface area contributed by atoms with Gasteiger partial charge in [0.05, 0.1) is 25.0 Å². The number of sulfone groups is 1. The van der Waals surface area contributed by atoms with E-state index in [0.717, 1.165) is 5.56 Å². The lowest BCUT2D eigenvalue weighted by molar-refractivity contribution is 0.375. The summed E-state index contributed by atoms with van der Waals surface area (Å²) in [5.74, 6) is 1.26. The summed E-state index contributed by atoms with van der Waals surface area (Å²) in [6.07, 6.45) is 1.24. The predicted octanol–water partition coefficient (Wildman–Crippen LogP) is 1.79. The van der Waals surface area contributed by atoms with Crippen LogP contribution in [0.25, 0.3) is 0 Å². The largest absolute Gasteiger partial charge is 0.497 e. The Morgan fingerprint density at radius 3 is 2.20 bits per heavy atom. The molecule has 1 atom stereocenters. The van der Waals surface area contributed by atoms with E-state index in [1.165, 1.54) is 6.26 Å². The van der Waals surface area contributed by atoms with Gasteiger partial charge in [0.2, 0.25) is 0 Å². The van der Waals surface area contributed by atoms with Crippen LogP contribution in [0.4, 0.5) is 0 Å². The van der Waals surface area contributed by atoms with Crippen molar-refractivity contribution in [3.63, 3.8) is 0 Å². The van der Waals surface area contributed by atoms with Crippen molar-refractivity contribution >= 4 is 9.84 Å². The molecule has 1 unspecified atom stereocenters. The van der Waals surface area contributed by atoms with Crippen LogP contribution in [0.1, 0.15) is 25.5 Å². The Labute approximate surface area is 121 Å². The molecule has 0 aromatic heterocycles. The molecule has 0 amide bonds. The second kappa shape index (κ2) is 6.01. The first-order chi connectivity index (χ1) is 9.18. The van der Waals surface area contributed by atoms with Gasteiger partial charge < -0.3 is 14.8 Å². The van der Waals surface area contributed by atoms with Gasteiger partial charge in [0.25, 0.3) is 0 Å². The molecule has 1 aromatic carbocycles. The third kappa shape index (κ3) is 3.07. The maximum Gasteiger partial charge on any atom is 0.154 e. The summed E-state index contributed by atoms with van der Waals surface area (Å²) < 4.78 is 33.6. The van der Waals surface area contributed by atoms with Crippen LogP contribution in [0.15, 0.2) is 18.2 Å². The Kier molecular flexibility index (Phi) is 5.05. The van der Waals surface area contributed by atoms with Crippen LogP contribution in [-0.4, -0.2) is 40.7 Å². The fourth-order valence-electron chi connectivity index (χ4n) is 2.15. The highest BCUT2D eigenvalue weighted by molar-refractivity contribution is 7.92. The van der Waals surface area contributed by atoms with Crippen LogP contribution in [0.3, 0.4) is 0 Å². The smallest absolute Gasteiger partial charge is 0.154 e. The average Bonchev–Trinajstić information content (AvgIpc) is 2.38. The van der Waals surface area contributed by atoms with Crippen molar-refractivity contribution in [1.29, 1.82) is 0 Å². The maximum absolute atomic E-state index is 12.0. The highest BCUT2D eigenvalue weighted by Gasteiger charge is 2.40. The van der Waals surface area contributed by atoms with E-state index in [4.69, 9.17) is 9.47 Å². The van der Waals surface area contributed by atoms with Gasteiger partial charge in [-0.3, -0.25) is 0 Å². The molecular formula is C14H23NO4S. The molecule has 0 aliphatic carbocycles. The van der Waals surface area contributed by atoms with Crippen LogP contribution in [0.2, 0.25) is 0 Å². The van der Waals surface area contributed by atoms with Gasteiger partial charge in [0.15, 0.2) is 9.84 Å². The summed E-state index contributed by atoms with van der Waals surface area (Å²) in [6.45, 7) is 3.40. The standard InChI is InChI=1S/C14H23NO4S/c1-14(2,20(6,16)17)13(15-3)11-8-7-10(18-4)9-12(11)19-5/h7-9,13,15H,1-6H3. The first kappa shape index (κ1) is 16.8. The van der Waals surface area contributed by atoms with Gasteiger partial charge in [0.1, 0.15) is 11.5 Å². The number of rotatable bonds is 6. The van der Waals surface area contributed by atoms with Gasteiger partial charge in [0, 0.05) is 17.9 Å². The van der Waals surface area contributed by atoms with Crippen LogP contribution in [0.5, 0.6) is 11.5 Å². The molecule has 0 saturated carbocycles. The quantitative estimate of drug-likeness (QED) is 0.868. The molecule has 1 aromatic rings. The highest BCUT2D eigenvalue weighted by Crippen LogP contribution is 2.38. The van der Waals surface area contributed by atoms with Crippen molar-refractivity contribution in [3.05, 3.63) is 23.8 Å². The summed E-state index contributed by atoms with van der Waals surface area (Å²) in [6, 6.07) is 4.98. The molecule has 0 heterocycles. The van der Waals surface area contributed by atoms with E-state index in [0.29, 0.717) is 11.5 Å². The zero-order valence-electron chi connectivity index (χ0n) is 12.9. The molecule has 0 aliphatic rings. The lowest BCUT2D eigenvalue weighted by Crippen LogP contribution is -2.43. The van der Waals surface area contributed by atoms with E-state index in [2.05, 4.69) is 5.32 Å². The summed E-state index contributed by atoms with van der Waals surface area (Å²) in [4.78, 5) is 0. The summed E-state index contributed by atoms with van der Waals surface area (Å²) in [5, 5.41) is 3.08. The number of methoxy groups -OCH3 is 2. The Morgan fingerprint density at radius 2 is 1.80 bits per heavy atom. The van der Waals surface area contributed by atoms with Crippen molar-refractivity contribution in [2.75, 3.05) is 27.5 Å². The SMILES string of the molecule is CNC(c1ccc(OC)cc1OC)C(C)(C)S(C)(=O)=O. The second-order valence-electron chi connectivity index (χ2n) is 5.21. The molecule has 0 spiro atoms. The normalized spacial score (nSPS) is 13.9. The van der Waals surface area contributed by atoms with Gasteiger partial charge in [-0.25, -0.2) is 8.42 Å². The molecule has 0 aliphatic heterocycles. The van der Waals surface area contributed by atoms with Crippen LogP contribution in [-0.2, 0) is 9.84 Å². The minimum atomic E-state index is -3.25. The van der Waals surface area contributed by atoms with Crippen LogP contribution in [0, 0.1) is 0 Å². The fourth-order valence-corrected chi connectivity index (χ4v) is 2.82. The number of ether oxygens (including phenoxy) is 2. The fraction of sp³-hybridized carbons (Fsp3) is 0.571. The molecular weight excluding hydrogens is 278 g/mol. The van der Waals surface area contributed by atoms with Gasteiger partial charge in [-0.2, -0.15) is 0 Å². The first-order valence-corrected chi connectivity index (χ1v) is 8.17. The third-order valence-electron chi connectivity index (χ3n) is 3.69. The first-order valence-electron chi connectivity index (χ1n) is 6.27. The van der Waals surface area contributed by atoms with Gasteiger partial charge in [-0.05, 0) is 27.0 Å². The highest BCUT2D eigenvalue weighted by atomic mass is 32.2. The van der Waals surface area contributed by atoms with Crippen molar-refractivity contribution in [2.24, 2.45) is 0 Å². The summed E-state index contributed by atoms with van der Waals surface area (Å²) in [5.41, 5.74) is 0.784. The number of hydrogen-bond acceptors (Lipinski definition) is 5. The Balaban J connectivity index is 3.40. The van der Waals surface area contributed by atoms with Crippen molar-refractivity contribution < 1.29 is 17.9 Å². The molecule has 0 saturated heterocycles. The topological polar surface area (TPSA) is 64.6 Å². The van der Waals surface area contributed by atoms with Crippen molar-refractivity contribution in [3.8, 4) is 11.5 Å². The minimum absolute atomic E-state index is 0.390. The molecule has 5 nitrogen and oxygen atoms in total. The van der Waals surface area contributed by atoms with Crippen LogP contribution < -0.4 is 14.8 Å². The molecule has 0 fully saturated rings. The van der Waals surface area contributed by atoms with Crippen LogP contribution >= 0.6 is 0 Å². The summed E-state index contributed by atoms with van der Waals surface area (Å²) in [7, 11) is 1.61. The molecule has 1 rings (SSSR count). The zero-order chi connectivity index (χ0) is 15.6. The van der Waals surface area contributed by atoms with Gasteiger partial charge in [-0.15, -0.1) is 0 Å². The van der Waals surface area contributed by atoms with Crippen molar-refractivity contribution in [1.82, 2.24) is 5.32 Å². The Hall–Kier alpha value is -1.27. The number of nitrogens with one attached hydrogen (secondary N) is 1. The van der Waals surface area contributed by atoms with E-state index in [1.807, 2.05) is 6.07 Å². The van der Waals surface area contributed by atoms with Crippen molar-refractivity contribution in [2.45, 2.75) is 24.6 Å². The molecule has 6 heteroatoms. The van der Waals surface area contributed by atoms with E-state index in [1.54, 1.807) is 47.2 Å². The number of hydrogen-bond donors (Lipinski definition) is 1. The molecule has 114 valence electrons. The van der Waals surface area contributed by atoms with E-state index >= 15 is 0 Å². The predicted molar refractivity (Wildman–Crippen MR) is 80.3 cm³/mol. The molecule has 0 radical (unpaired) electrons. The van der Waals surface area contributed by atoms with Gasteiger partial charge >= 0.3 is 0 Å². The second-order valence-corrected chi connectivity index (χ2v) is 7.80. The third-order valence-corrected chi connectivity index (χ3v) is 5.84. The van der Waals surface area contributed by atoms with Gasteiger partial charge in [-0.1, -0.05) is 6.07 Å². The maximum atomic E-state index is 12.0. The number of benzene rings is 1. The Bertz CT molecular complexity index is 567. The average molecular weight is 301 g/mol. The monoisotopic (exact) mass is 301 g/mol. The molecule has 0 bridgehead atoms. The lowest BCUT2D eigenvalue weighted by Gasteiger charge is -2.33. The summed E-state index contributed by atoms with van der Waals surface area (Å²) >= 11 is 0. The van der Waals surface area contributed by atoms with E-state index in [9.17, 15) is 8.42 Å². The molecule has 1 N–H and O–H groups in total. The molecule has 20 heavy (non-hydrogen) atoms. The minimum Gasteiger partial charge on any atom is -0.497 e. The van der Waals surface area contributed by atoms with E-state index < -0.39 is 20.6 Å². The lowest BCUT2D eigenvalue weighted by atomic mass is 9.94. The Morgan fingerprint density at radius 1 is 1.20 bits per heavy atom. The zero-order valence-corrected chi connectivity index (χ0v) is 13.7. The van der Waals surface area contributed by atoms with E-state index in [-0.39, 0.29) is 0 Å².